The highest BCUT2D eigenvalue weighted by molar-refractivity contribution is 6.21. The number of benzene rings is 2. The molecule has 0 saturated heterocycles. The van der Waals surface area contributed by atoms with E-state index in [2.05, 4.69) is 31.3 Å². The fourth-order valence-corrected chi connectivity index (χ4v) is 3.04. The van der Waals surface area contributed by atoms with Gasteiger partial charge in [-0.15, -0.1) is 0 Å². The van der Waals surface area contributed by atoms with Gasteiger partial charge >= 0.3 is 0 Å². The predicted octanol–water partition coefficient (Wildman–Crippen LogP) is 3.53. The van der Waals surface area contributed by atoms with Crippen LogP contribution in [0.4, 0.5) is 0 Å². The molecule has 0 bridgehead atoms. The van der Waals surface area contributed by atoms with Crippen molar-refractivity contribution in [2.24, 2.45) is 0 Å². The van der Waals surface area contributed by atoms with Gasteiger partial charge in [0, 0.05) is 12.6 Å². The van der Waals surface area contributed by atoms with Crippen LogP contribution in [0.5, 0.6) is 0 Å². The Hall–Kier alpha value is -2.95. The average Bonchev–Trinajstić information content (AvgIpc) is 2.85. The maximum Gasteiger partial charge on any atom is 0.261 e. The van der Waals surface area contributed by atoms with E-state index in [4.69, 9.17) is 0 Å². The molecular formula is C21H22N2O3. The van der Waals surface area contributed by atoms with E-state index < -0.39 is 0 Å². The molecule has 134 valence electrons. The Balaban J connectivity index is 1.76. The largest absolute Gasteiger partial charge is 0.346 e. The summed E-state index contributed by atoms with van der Waals surface area (Å²) in [5.74, 6) is -0.533. The normalized spacial score (nSPS) is 14.6. The molecule has 1 heterocycles. The monoisotopic (exact) mass is 350 g/mol. The summed E-state index contributed by atoms with van der Waals surface area (Å²) < 4.78 is 0. The zero-order chi connectivity index (χ0) is 19.0. The number of carbonyl (C=O) groups is 3. The van der Waals surface area contributed by atoms with Gasteiger partial charge in [-0.2, -0.15) is 0 Å². The minimum atomic E-state index is -0.378. The molecule has 5 nitrogen and oxygen atoms in total. The molecule has 0 saturated carbocycles. The van der Waals surface area contributed by atoms with Gasteiger partial charge in [0.2, 0.25) is 0 Å². The number of imide groups is 1. The Morgan fingerprint density at radius 2 is 1.46 bits per heavy atom. The zero-order valence-corrected chi connectivity index (χ0v) is 15.4. The summed E-state index contributed by atoms with van der Waals surface area (Å²) in [5.41, 5.74) is 3.24. The molecule has 3 amide bonds. The van der Waals surface area contributed by atoms with Crippen LogP contribution in [-0.4, -0.2) is 29.7 Å². The number of amides is 3. The van der Waals surface area contributed by atoms with Gasteiger partial charge in [0.05, 0.1) is 17.2 Å². The van der Waals surface area contributed by atoms with Crippen LogP contribution in [0, 0.1) is 0 Å². The Kier molecular flexibility index (Phi) is 4.64. The van der Waals surface area contributed by atoms with Gasteiger partial charge in [0.25, 0.3) is 17.7 Å². The molecule has 0 fully saturated rings. The zero-order valence-electron chi connectivity index (χ0n) is 15.4. The minimum Gasteiger partial charge on any atom is -0.346 e. The summed E-state index contributed by atoms with van der Waals surface area (Å²) in [5, 5.41) is 2.94. The van der Waals surface area contributed by atoms with Gasteiger partial charge in [-0.25, -0.2) is 0 Å². The van der Waals surface area contributed by atoms with Crippen molar-refractivity contribution in [3.8, 4) is 0 Å². The first-order valence-electron chi connectivity index (χ1n) is 8.66. The highest BCUT2D eigenvalue weighted by Crippen LogP contribution is 2.23. The lowest BCUT2D eigenvalue weighted by Crippen LogP contribution is -2.27. The third-order valence-corrected chi connectivity index (χ3v) is 4.80. The third-order valence-electron chi connectivity index (χ3n) is 4.80. The van der Waals surface area contributed by atoms with Crippen LogP contribution in [-0.2, 0) is 0 Å². The van der Waals surface area contributed by atoms with Gasteiger partial charge in [0.1, 0.15) is 0 Å². The molecule has 5 heteroatoms. The molecule has 2 aromatic rings. The quantitative estimate of drug-likeness (QED) is 0.858. The minimum absolute atomic E-state index is 0.169. The van der Waals surface area contributed by atoms with Crippen LogP contribution in [0.1, 0.15) is 74.9 Å². The first kappa shape index (κ1) is 17.9. The summed E-state index contributed by atoms with van der Waals surface area (Å²) in [7, 11) is 1.44. The van der Waals surface area contributed by atoms with E-state index in [-0.39, 0.29) is 29.3 Å². The van der Waals surface area contributed by atoms with Gasteiger partial charge < -0.3 is 5.32 Å². The van der Waals surface area contributed by atoms with E-state index in [1.807, 2.05) is 19.1 Å². The van der Waals surface area contributed by atoms with Crippen molar-refractivity contribution in [3.63, 3.8) is 0 Å². The van der Waals surface area contributed by atoms with Crippen molar-refractivity contribution in [2.45, 2.75) is 32.7 Å². The molecule has 2 aromatic carbocycles. The summed E-state index contributed by atoms with van der Waals surface area (Å²) in [6, 6.07) is 12.6. The maximum atomic E-state index is 12.6. The molecule has 26 heavy (non-hydrogen) atoms. The average molecular weight is 350 g/mol. The lowest BCUT2D eigenvalue weighted by molar-refractivity contribution is 0.0693. The van der Waals surface area contributed by atoms with Gasteiger partial charge in [0.15, 0.2) is 0 Å². The van der Waals surface area contributed by atoms with Crippen LogP contribution in [0.15, 0.2) is 42.5 Å². The Bertz CT molecular complexity index is 885. The third kappa shape index (κ3) is 3.12. The van der Waals surface area contributed by atoms with Crippen LogP contribution in [0.3, 0.4) is 0 Å². The van der Waals surface area contributed by atoms with Crippen molar-refractivity contribution in [3.05, 3.63) is 70.3 Å². The van der Waals surface area contributed by atoms with Crippen molar-refractivity contribution < 1.29 is 14.4 Å². The van der Waals surface area contributed by atoms with Crippen LogP contribution < -0.4 is 5.32 Å². The van der Waals surface area contributed by atoms with E-state index >= 15 is 0 Å². The van der Waals surface area contributed by atoms with Crippen LogP contribution >= 0.6 is 0 Å². The lowest BCUT2D eigenvalue weighted by atomic mass is 9.99. The second-order valence-corrected chi connectivity index (χ2v) is 6.95. The van der Waals surface area contributed by atoms with Crippen LogP contribution in [0.2, 0.25) is 0 Å². The fourth-order valence-electron chi connectivity index (χ4n) is 3.04. The second-order valence-electron chi connectivity index (χ2n) is 6.95. The fraction of sp³-hybridized carbons (Fsp3) is 0.286. The van der Waals surface area contributed by atoms with Crippen molar-refractivity contribution in [1.82, 2.24) is 10.2 Å². The Labute approximate surface area is 153 Å². The summed E-state index contributed by atoms with van der Waals surface area (Å²) in [4.78, 5) is 37.6. The summed E-state index contributed by atoms with van der Waals surface area (Å²) in [6.07, 6.45) is 0. The standard InChI is InChI=1S/C21H22N2O3/c1-12(2)14-5-7-15(8-6-14)13(3)22-19(24)16-9-10-17-18(11-16)21(26)23(4)20(17)25/h5-13H,1-4H3,(H,22,24). The molecule has 1 unspecified atom stereocenters. The number of nitrogens with zero attached hydrogens (tertiary/aromatic N) is 1. The number of hydrogen-bond donors (Lipinski definition) is 1. The smallest absolute Gasteiger partial charge is 0.261 e. The van der Waals surface area contributed by atoms with Gasteiger partial charge in [-0.3, -0.25) is 19.3 Å². The SMILES string of the molecule is CC(C)c1ccc(C(C)NC(=O)c2ccc3c(c2)C(=O)N(C)C3=O)cc1. The number of nitrogens with one attached hydrogen (secondary N) is 1. The van der Waals surface area contributed by atoms with Gasteiger partial charge in [-0.05, 0) is 42.2 Å². The molecule has 3 rings (SSSR count). The first-order chi connectivity index (χ1) is 12.3. The molecule has 0 spiro atoms. The Morgan fingerprint density at radius 1 is 0.885 bits per heavy atom. The molecule has 1 aliphatic rings. The van der Waals surface area contributed by atoms with Gasteiger partial charge in [-0.1, -0.05) is 38.1 Å². The maximum absolute atomic E-state index is 12.6. The summed E-state index contributed by atoms with van der Waals surface area (Å²) in [6.45, 7) is 6.19. The van der Waals surface area contributed by atoms with Crippen molar-refractivity contribution in [1.29, 1.82) is 0 Å². The lowest BCUT2D eigenvalue weighted by Gasteiger charge is -2.16. The number of carbonyl (C=O) groups excluding carboxylic acids is 3. The van der Waals surface area contributed by atoms with E-state index in [1.165, 1.54) is 24.7 Å². The number of rotatable bonds is 4. The predicted molar refractivity (Wildman–Crippen MR) is 99.3 cm³/mol. The van der Waals surface area contributed by atoms with E-state index in [9.17, 15) is 14.4 Å². The van der Waals surface area contributed by atoms with Crippen molar-refractivity contribution in [2.75, 3.05) is 7.05 Å². The summed E-state index contributed by atoms with van der Waals surface area (Å²) >= 11 is 0. The number of fused-ring (bicyclic) bond motifs is 1. The molecule has 1 N–H and O–H groups in total. The highest BCUT2D eigenvalue weighted by Gasteiger charge is 2.33. The molecule has 0 aromatic heterocycles. The highest BCUT2D eigenvalue weighted by atomic mass is 16.2. The topological polar surface area (TPSA) is 66.5 Å². The van der Waals surface area contributed by atoms with Crippen LogP contribution in [0.25, 0.3) is 0 Å². The molecule has 0 radical (unpaired) electrons. The van der Waals surface area contributed by atoms with E-state index in [0.717, 1.165) is 10.5 Å². The van der Waals surface area contributed by atoms with E-state index in [0.29, 0.717) is 17.0 Å². The molecule has 0 aliphatic carbocycles. The first-order valence-corrected chi connectivity index (χ1v) is 8.66. The Morgan fingerprint density at radius 3 is 2.08 bits per heavy atom. The number of hydrogen-bond acceptors (Lipinski definition) is 3. The molecule has 1 aliphatic heterocycles. The molecule has 1 atom stereocenters. The molecular weight excluding hydrogens is 328 g/mol. The second kappa shape index (κ2) is 6.75. The van der Waals surface area contributed by atoms with E-state index in [1.54, 1.807) is 6.07 Å². The van der Waals surface area contributed by atoms with Crippen molar-refractivity contribution >= 4 is 17.7 Å².